The molecule has 0 radical (unpaired) electrons. The molecule has 1 fully saturated rings. The molecular formula is C22H27NO4. The van der Waals surface area contributed by atoms with Gasteiger partial charge in [-0.1, -0.05) is 19.3 Å². The average molecular weight is 369 g/mol. The van der Waals surface area contributed by atoms with Crippen molar-refractivity contribution < 1.29 is 19.7 Å². The molecule has 1 aromatic carbocycles. The molecule has 0 unspecified atom stereocenters. The highest BCUT2D eigenvalue weighted by Crippen LogP contribution is 2.36. The fraction of sp³-hybridized carbons (Fsp3) is 0.455. The van der Waals surface area contributed by atoms with Crippen LogP contribution in [0, 0.1) is 13.8 Å². The van der Waals surface area contributed by atoms with Crippen LogP contribution in [0.15, 0.2) is 24.3 Å². The minimum atomic E-state index is -0.988. The zero-order valence-corrected chi connectivity index (χ0v) is 16.0. The number of pyridine rings is 1. The van der Waals surface area contributed by atoms with E-state index < -0.39 is 5.97 Å². The molecule has 0 atom stereocenters. The number of nitrogens with zero attached hydrogens (tertiary/aromatic N) is 1. The first-order chi connectivity index (χ1) is 12.9. The van der Waals surface area contributed by atoms with Crippen molar-refractivity contribution in [3.05, 3.63) is 52.3 Å². The van der Waals surface area contributed by atoms with Crippen LogP contribution in [0.4, 0.5) is 0 Å². The van der Waals surface area contributed by atoms with Gasteiger partial charge in [0, 0.05) is 18.0 Å². The summed E-state index contributed by atoms with van der Waals surface area (Å²) in [6.07, 6.45) is 6.54. The van der Waals surface area contributed by atoms with Gasteiger partial charge in [-0.2, -0.15) is 0 Å². The Morgan fingerprint density at radius 1 is 1.15 bits per heavy atom. The molecule has 0 aliphatic heterocycles. The van der Waals surface area contributed by atoms with E-state index in [1.807, 2.05) is 32.0 Å². The van der Waals surface area contributed by atoms with Crippen molar-refractivity contribution in [1.29, 1.82) is 0 Å². The Kier molecular flexibility index (Phi) is 5.99. The number of aryl methyl sites for hydroxylation is 2. The highest BCUT2D eigenvalue weighted by atomic mass is 16.5. The predicted octanol–water partition coefficient (Wildman–Crippen LogP) is 4.51. The monoisotopic (exact) mass is 369 g/mol. The minimum Gasteiger partial charge on any atom is -0.506 e. The van der Waals surface area contributed by atoms with Crippen molar-refractivity contribution in [1.82, 2.24) is 4.98 Å². The quantitative estimate of drug-likeness (QED) is 0.783. The molecule has 0 amide bonds. The largest absolute Gasteiger partial charge is 0.506 e. The fourth-order valence-corrected chi connectivity index (χ4v) is 3.93. The molecule has 0 saturated heterocycles. The van der Waals surface area contributed by atoms with Gasteiger partial charge in [-0.25, -0.2) is 4.79 Å². The molecule has 2 aromatic rings. The normalized spacial score (nSPS) is 14.9. The maximum atomic E-state index is 10.7. The zero-order valence-electron chi connectivity index (χ0n) is 16.0. The SMILES string of the molecule is Cc1cc(OCC(=O)O)cc(C)c1Cc1ccc(O)c(C2CCCCC2)n1. The molecule has 3 rings (SSSR count). The van der Waals surface area contributed by atoms with Crippen molar-refractivity contribution in [2.75, 3.05) is 6.61 Å². The summed E-state index contributed by atoms with van der Waals surface area (Å²) in [6, 6.07) is 7.39. The maximum absolute atomic E-state index is 10.7. The first kappa shape index (κ1) is 19.2. The third kappa shape index (κ3) is 4.79. The molecule has 144 valence electrons. The number of hydrogen-bond donors (Lipinski definition) is 2. The van der Waals surface area contributed by atoms with Crippen LogP contribution in [0.2, 0.25) is 0 Å². The number of aromatic nitrogens is 1. The Morgan fingerprint density at radius 3 is 2.44 bits per heavy atom. The zero-order chi connectivity index (χ0) is 19.4. The Bertz CT molecular complexity index is 802. The van der Waals surface area contributed by atoms with Gasteiger partial charge < -0.3 is 14.9 Å². The van der Waals surface area contributed by atoms with Crippen molar-refractivity contribution >= 4 is 5.97 Å². The van der Waals surface area contributed by atoms with E-state index in [1.165, 1.54) is 19.3 Å². The van der Waals surface area contributed by atoms with Crippen molar-refractivity contribution in [2.45, 2.75) is 58.3 Å². The third-order valence-electron chi connectivity index (χ3n) is 5.34. The van der Waals surface area contributed by atoms with Gasteiger partial charge in [-0.3, -0.25) is 4.98 Å². The lowest BCUT2D eigenvalue weighted by molar-refractivity contribution is -0.139. The second-order valence-corrected chi connectivity index (χ2v) is 7.44. The standard InChI is InChI=1S/C22H27NO4/c1-14-10-18(27-13-21(25)26)11-15(2)19(14)12-17-8-9-20(24)22(23-17)16-6-4-3-5-7-16/h8-11,16,24H,3-7,12-13H2,1-2H3,(H,25,26). The summed E-state index contributed by atoms with van der Waals surface area (Å²) >= 11 is 0. The molecule has 1 saturated carbocycles. The molecule has 1 aliphatic rings. The number of aromatic hydroxyl groups is 1. The summed E-state index contributed by atoms with van der Waals surface area (Å²) in [5, 5.41) is 19.0. The highest BCUT2D eigenvalue weighted by Gasteiger charge is 2.20. The van der Waals surface area contributed by atoms with Gasteiger partial charge in [0.15, 0.2) is 6.61 Å². The van der Waals surface area contributed by atoms with E-state index in [-0.39, 0.29) is 6.61 Å². The van der Waals surface area contributed by atoms with Crippen LogP contribution in [0.25, 0.3) is 0 Å². The summed E-state index contributed by atoms with van der Waals surface area (Å²) in [7, 11) is 0. The second-order valence-electron chi connectivity index (χ2n) is 7.44. The van der Waals surface area contributed by atoms with E-state index in [0.29, 0.717) is 23.8 Å². The van der Waals surface area contributed by atoms with Crippen LogP contribution < -0.4 is 4.74 Å². The highest BCUT2D eigenvalue weighted by molar-refractivity contribution is 5.68. The van der Waals surface area contributed by atoms with Crippen LogP contribution in [-0.4, -0.2) is 27.8 Å². The topological polar surface area (TPSA) is 79.7 Å². The van der Waals surface area contributed by atoms with E-state index in [2.05, 4.69) is 0 Å². The lowest BCUT2D eigenvalue weighted by Crippen LogP contribution is -2.10. The van der Waals surface area contributed by atoms with Crippen molar-refractivity contribution in [2.24, 2.45) is 0 Å². The number of benzene rings is 1. The number of carboxylic acid groups (broad SMARTS) is 1. The number of carbonyl (C=O) groups is 1. The van der Waals surface area contributed by atoms with E-state index in [0.717, 1.165) is 40.9 Å². The van der Waals surface area contributed by atoms with Gasteiger partial charge in [0.1, 0.15) is 11.5 Å². The summed E-state index contributed by atoms with van der Waals surface area (Å²) in [4.78, 5) is 15.5. The van der Waals surface area contributed by atoms with E-state index in [4.69, 9.17) is 14.8 Å². The third-order valence-corrected chi connectivity index (χ3v) is 5.34. The van der Waals surface area contributed by atoms with Gasteiger partial charge >= 0.3 is 5.97 Å². The van der Waals surface area contributed by atoms with Gasteiger partial charge in [-0.05, 0) is 67.6 Å². The first-order valence-electron chi connectivity index (χ1n) is 9.57. The summed E-state index contributed by atoms with van der Waals surface area (Å²) in [6.45, 7) is 3.65. The molecule has 5 heteroatoms. The molecule has 27 heavy (non-hydrogen) atoms. The Labute approximate surface area is 160 Å². The molecule has 1 aromatic heterocycles. The first-order valence-corrected chi connectivity index (χ1v) is 9.57. The summed E-state index contributed by atoms with van der Waals surface area (Å²) in [5.41, 5.74) is 5.03. The summed E-state index contributed by atoms with van der Waals surface area (Å²) in [5.74, 6) is 0.236. The number of carboxylic acids is 1. The Morgan fingerprint density at radius 2 is 1.81 bits per heavy atom. The lowest BCUT2D eigenvalue weighted by Gasteiger charge is -2.22. The molecule has 5 nitrogen and oxygen atoms in total. The van der Waals surface area contributed by atoms with Gasteiger partial charge in [0.05, 0.1) is 5.69 Å². The van der Waals surface area contributed by atoms with E-state index in [9.17, 15) is 9.90 Å². The van der Waals surface area contributed by atoms with E-state index >= 15 is 0 Å². The van der Waals surface area contributed by atoms with Crippen LogP contribution in [0.1, 0.15) is 66.1 Å². The van der Waals surface area contributed by atoms with Crippen molar-refractivity contribution in [3.63, 3.8) is 0 Å². The lowest BCUT2D eigenvalue weighted by atomic mass is 9.86. The predicted molar refractivity (Wildman–Crippen MR) is 104 cm³/mol. The Balaban J connectivity index is 1.81. The maximum Gasteiger partial charge on any atom is 0.341 e. The smallest absolute Gasteiger partial charge is 0.341 e. The molecule has 0 bridgehead atoms. The number of ether oxygens (including phenoxy) is 1. The second kappa shape index (κ2) is 8.42. The molecule has 2 N–H and O–H groups in total. The van der Waals surface area contributed by atoms with Crippen LogP contribution in [0.5, 0.6) is 11.5 Å². The summed E-state index contributed by atoms with van der Waals surface area (Å²) < 4.78 is 5.30. The van der Waals surface area contributed by atoms with Crippen LogP contribution in [-0.2, 0) is 11.2 Å². The molecule has 1 heterocycles. The number of aliphatic carboxylic acids is 1. The van der Waals surface area contributed by atoms with Gasteiger partial charge in [0.2, 0.25) is 0 Å². The minimum absolute atomic E-state index is 0.302. The van der Waals surface area contributed by atoms with Gasteiger partial charge in [0.25, 0.3) is 0 Å². The number of hydrogen-bond acceptors (Lipinski definition) is 4. The van der Waals surface area contributed by atoms with E-state index in [1.54, 1.807) is 6.07 Å². The van der Waals surface area contributed by atoms with Crippen LogP contribution in [0.3, 0.4) is 0 Å². The van der Waals surface area contributed by atoms with Gasteiger partial charge in [-0.15, -0.1) is 0 Å². The number of rotatable bonds is 6. The molecule has 0 spiro atoms. The average Bonchev–Trinajstić information content (AvgIpc) is 2.65. The Hall–Kier alpha value is -2.56. The molecule has 1 aliphatic carbocycles. The fourth-order valence-electron chi connectivity index (χ4n) is 3.93. The molecular weight excluding hydrogens is 342 g/mol. The van der Waals surface area contributed by atoms with Crippen LogP contribution >= 0.6 is 0 Å². The van der Waals surface area contributed by atoms with Crippen molar-refractivity contribution in [3.8, 4) is 11.5 Å².